The third-order valence-electron chi connectivity index (χ3n) is 4.14. The largest absolute Gasteiger partial charge is 0.493 e. The predicted octanol–water partition coefficient (Wildman–Crippen LogP) is 3.43. The maximum absolute atomic E-state index is 12.8. The van der Waals surface area contributed by atoms with Crippen LogP contribution in [-0.4, -0.2) is 38.3 Å². The van der Waals surface area contributed by atoms with Crippen molar-refractivity contribution in [3.05, 3.63) is 54.1 Å². The third kappa shape index (κ3) is 5.55. The van der Waals surface area contributed by atoms with Gasteiger partial charge < -0.3 is 10.1 Å². The van der Waals surface area contributed by atoms with Crippen LogP contribution in [0.5, 0.6) is 5.75 Å². The fraction of sp³-hybridized carbons (Fsp3) is 0.350. The fourth-order valence-electron chi connectivity index (χ4n) is 2.66. The van der Waals surface area contributed by atoms with E-state index in [1.165, 1.54) is 10.4 Å². The van der Waals surface area contributed by atoms with E-state index in [-0.39, 0.29) is 23.8 Å². The van der Waals surface area contributed by atoms with Crippen LogP contribution < -0.4 is 10.1 Å². The van der Waals surface area contributed by atoms with Crippen LogP contribution in [0.15, 0.2) is 53.4 Å². The summed E-state index contributed by atoms with van der Waals surface area (Å²) in [4.78, 5) is 12.4. The third-order valence-corrected chi connectivity index (χ3v) is 6.33. The van der Waals surface area contributed by atoms with E-state index in [2.05, 4.69) is 5.32 Å². The molecule has 0 radical (unpaired) electrons. The lowest BCUT2D eigenvalue weighted by molar-refractivity contribution is -0.116. The van der Waals surface area contributed by atoms with Gasteiger partial charge in [-0.15, -0.1) is 0 Å². The molecule has 146 valence electrons. The van der Waals surface area contributed by atoms with Gasteiger partial charge in [0.15, 0.2) is 0 Å². The SMILES string of the molecule is CCN(CC)S(=O)(=O)c1cc(NC(=O)CCOc2ccccc2)ccc1C. The number of aryl methyl sites for hydroxylation is 1. The molecular formula is C20H26N2O4S. The van der Waals surface area contributed by atoms with Gasteiger partial charge in [0.1, 0.15) is 5.75 Å². The Morgan fingerprint density at radius 1 is 1.07 bits per heavy atom. The number of amides is 1. The molecule has 2 aromatic rings. The molecule has 2 rings (SSSR count). The Morgan fingerprint density at radius 2 is 1.74 bits per heavy atom. The van der Waals surface area contributed by atoms with Crippen LogP contribution in [0.3, 0.4) is 0 Å². The number of sulfonamides is 1. The van der Waals surface area contributed by atoms with Crippen LogP contribution >= 0.6 is 0 Å². The van der Waals surface area contributed by atoms with Crippen LogP contribution in [0.1, 0.15) is 25.8 Å². The van der Waals surface area contributed by atoms with Crippen molar-refractivity contribution in [1.29, 1.82) is 0 Å². The number of nitrogens with zero attached hydrogens (tertiary/aromatic N) is 1. The van der Waals surface area contributed by atoms with Gasteiger partial charge >= 0.3 is 0 Å². The van der Waals surface area contributed by atoms with E-state index in [9.17, 15) is 13.2 Å². The van der Waals surface area contributed by atoms with Crippen molar-refractivity contribution in [3.8, 4) is 5.75 Å². The molecule has 0 heterocycles. The molecule has 0 saturated heterocycles. The van der Waals surface area contributed by atoms with Crippen molar-refractivity contribution in [2.45, 2.75) is 32.1 Å². The number of carbonyl (C=O) groups excluding carboxylic acids is 1. The first-order valence-corrected chi connectivity index (χ1v) is 10.4. The Hall–Kier alpha value is -2.38. The van der Waals surface area contributed by atoms with Crippen LogP contribution in [0.2, 0.25) is 0 Å². The lowest BCUT2D eigenvalue weighted by atomic mass is 10.2. The average molecular weight is 391 g/mol. The summed E-state index contributed by atoms with van der Waals surface area (Å²) in [5.41, 5.74) is 1.10. The molecule has 0 atom stereocenters. The number of hydrogen-bond acceptors (Lipinski definition) is 4. The van der Waals surface area contributed by atoms with Crippen molar-refractivity contribution in [1.82, 2.24) is 4.31 Å². The van der Waals surface area contributed by atoms with Crippen LogP contribution in [0, 0.1) is 6.92 Å². The molecule has 0 unspecified atom stereocenters. The van der Waals surface area contributed by atoms with Gasteiger partial charge in [-0.2, -0.15) is 4.31 Å². The van der Waals surface area contributed by atoms with Gasteiger partial charge in [-0.3, -0.25) is 4.79 Å². The minimum absolute atomic E-state index is 0.168. The zero-order chi connectivity index (χ0) is 19.9. The first-order chi connectivity index (χ1) is 12.9. The average Bonchev–Trinajstić information content (AvgIpc) is 2.65. The van der Waals surface area contributed by atoms with Gasteiger partial charge in [-0.1, -0.05) is 38.1 Å². The number of carbonyl (C=O) groups is 1. The molecule has 0 spiro atoms. The molecule has 0 aliphatic heterocycles. The summed E-state index contributed by atoms with van der Waals surface area (Å²) in [6.07, 6.45) is 0.168. The number of nitrogens with one attached hydrogen (secondary N) is 1. The normalized spacial score (nSPS) is 11.4. The second-order valence-electron chi connectivity index (χ2n) is 6.03. The van der Waals surface area contributed by atoms with Gasteiger partial charge in [0.25, 0.3) is 0 Å². The van der Waals surface area contributed by atoms with Crippen molar-refractivity contribution in [3.63, 3.8) is 0 Å². The van der Waals surface area contributed by atoms with Crippen LogP contribution in [0.25, 0.3) is 0 Å². The fourth-order valence-corrected chi connectivity index (χ4v) is 4.37. The van der Waals surface area contributed by atoms with Crippen LogP contribution in [0.4, 0.5) is 5.69 Å². The van der Waals surface area contributed by atoms with E-state index >= 15 is 0 Å². The molecule has 1 N–H and O–H groups in total. The molecular weight excluding hydrogens is 364 g/mol. The molecule has 2 aromatic carbocycles. The Kier molecular flexibility index (Phi) is 7.38. The number of ether oxygens (including phenoxy) is 1. The smallest absolute Gasteiger partial charge is 0.243 e. The molecule has 27 heavy (non-hydrogen) atoms. The summed E-state index contributed by atoms with van der Waals surface area (Å²) in [6, 6.07) is 14.2. The van der Waals surface area contributed by atoms with Crippen molar-refractivity contribution < 1.29 is 17.9 Å². The van der Waals surface area contributed by atoms with Gasteiger partial charge in [0.2, 0.25) is 15.9 Å². The molecule has 0 bridgehead atoms. The van der Waals surface area contributed by atoms with E-state index in [0.29, 0.717) is 30.1 Å². The second-order valence-corrected chi connectivity index (χ2v) is 7.94. The Bertz CT molecular complexity index is 863. The zero-order valence-electron chi connectivity index (χ0n) is 15.9. The Balaban J connectivity index is 2.03. The molecule has 1 amide bonds. The lowest BCUT2D eigenvalue weighted by Crippen LogP contribution is -2.31. The lowest BCUT2D eigenvalue weighted by Gasteiger charge is -2.20. The summed E-state index contributed by atoms with van der Waals surface area (Å²) in [5, 5.41) is 2.74. The Labute approximate surface area is 161 Å². The Morgan fingerprint density at radius 3 is 2.37 bits per heavy atom. The molecule has 0 aromatic heterocycles. The van der Waals surface area contributed by atoms with Crippen molar-refractivity contribution in [2.24, 2.45) is 0 Å². The number of para-hydroxylation sites is 1. The highest BCUT2D eigenvalue weighted by molar-refractivity contribution is 7.89. The molecule has 6 nitrogen and oxygen atoms in total. The highest BCUT2D eigenvalue weighted by atomic mass is 32.2. The number of hydrogen-bond donors (Lipinski definition) is 1. The first-order valence-electron chi connectivity index (χ1n) is 8.97. The quantitative estimate of drug-likeness (QED) is 0.712. The summed E-state index contributed by atoms with van der Waals surface area (Å²) in [7, 11) is -3.59. The van der Waals surface area contributed by atoms with E-state index in [4.69, 9.17) is 4.74 Å². The van der Waals surface area contributed by atoms with E-state index in [0.717, 1.165) is 0 Å². The number of anilines is 1. The summed E-state index contributed by atoms with van der Waals surface area (Å²) >= 11 is 0. The van der Waals surface area contributed by atoms with Crippen molar-refractivity contribution in [2.75, 3.05) is 25.0 Å². The monoisotopic (exact) mass is 390 g/mol. The highest BCUT2D eigenvalue weighted by Crippen LogP contribution is 2.23. The first kappa shape index (κ1) is 20.9. The maximum atomic E-state index is 12.8. The zero-order valence-corrected chi connectivity index (χ0v) is 16.8. The summed E-state index contributed by atoms with van der Waals surface area (Å²) in [6.45, 7) is 6.38. The molecule has 0 fully saturated rings. The van der Waals surface area contributed by atoms with Gasteiger partial charge in [0.05, 0.1) is 17.9 Å². The predicted molar refractivity (Wildman–Crippen MR) is 106 cm³/mol. The van der Waals surface area contributed by atoms with Gasteiger partial charge in [-0.05, 0) is 36.8 Å². The molecule has 0 aliphatic carbocycles. The van der Waals surface area contributed by atoms with Gasteiger partial charge in [-0.25, -0.2) is 8.42 Å². The second kappa shape index (κ2) is 9.53. The van der Waals surface area contributed by atoms with E-state index in [1.807, 2.05) is 30.3 Å². The van der Waals surface area contributed by atoms with Gasteiger partial charge in [0, 0.05) is 18.8 Å². The van der Waals surface area contributed by atoms with Crippen LogP contribution in [-0.2, 0) is 14.8 Å². The molecule has 0 aliphatic rings. The minimum atomic E-state index is -3.59. The standard InChI is InChI=1S/C20H26N2O4S/c1-4-22(5-2)27(24,25)19-15-17(12-11-16(19)3)21-20(23)13-14-26-18-9-7-6-8-10-18/h6-12,15H,4-5,13-14H2,1-3H3,(H,21,23). The highest BCUT2D eigenvalue weighted by Gasteiger charge is 2.24. The topological polar surface area (TPSA) is 75.7 Å². The van der Waals surface area contributed by atoms with Crippen molar-refractivity contribution >= 4 is 21.6 Å². The molecule has 7 heteroatoms. The number of benzene rings is 2. The summed E-state index contributed by atoms with van der Waals surface area (Å²) < 4.78 is 32.5. The molecule has 0 saturated carbocycles. The van der Waals surface area contributed by atoms with E-state index < -0.39 is 10.0 Å². The van der Waals surface area contributed by atoms with E-state index in [1.54, 1.807) is 32.9 Å². The summed E-state index contributed by atoms with van der Waals surface area (Å²) in [5.74, 6) is 0.467. The maximum Gasteiger partial charge on any atom is 0.243 e. The minimum Gasteiger partial charge on any atom is -0.493 e. The number of rotatable bonds is 9.